The number of rotatable bonds is 7. The lowest BCUT2D eigenvalue weighted by atomic mass is 10.1. The van der Waals surface area contributed by atoms with E-state index in [9.17, 15) is 9.59 Å². The van der Waals surface area contributed by atoms with Crippen LogP contribution >= 0.6 is 0 Å². The van der Waals surface area contributed by atoms with E-state index in [0.29, 0.717) is 17.0 Å². The molecule has 0 aliphatic carbocycles. The minimum absolute atomic E-state index is 0.246. The van der Waals surface area contributed by atoms with Gasteiger partial charge < -0.3 is 15.4 Å². The summed E-state index contributed by atoms with van der Waals surface area (Å²) in [4.78, 5) is 28.5. The molecule has 0 aliphatic heterocycles. The molecule has 0 saturated heterocycles. The summed E-state index contributed by atoms with van der Waals surface area (Å²) >= 11 is 0. The zero-order chi connectivity index (χ0) is 20.5. The quantitative estimate of drug-likeness (QED) is 0.606. The van der Waals surface area contributed by atoms with Crippen molar-refractivity contribution in [3.05, 3.63) is 95.8 Å². The number of aromatic nitrogens is 1. The first-order chi connectivity index (χ1) is 14.2. The van der Waals surface area contributed by atoms with Crippen molar-refractivity contribution in [2.75, 3.05) is 12.4 Å². The Kier molecular flexibility index (Phi) is 6.73. The molecular formula is C23H21N3O3. The van der Waals surface area contributed by atoms with Crippen LogP contribution in [0, 0.1) is 0 Å². The highest BCUT2D eigenvalue weighted by molar-refractivity contribution is 6.04. The number of benzene rings is 2. The average molecular weight is 387 g/mol. The highest BCUT2D eigenvalue weighted by Gasteiger charge is 2.09. The number of carbonyl (C=O) groups excluding carboxylic acids is 2. The van der Waals surface area contributed by atoms with E-state index >= 15 is 0 Å². The minimum atomic E-state index is -0.257. The molecule has 2 amide bonds. The fourth-order valence-corrected chi connectivity index (χ4v) is 2.70. The van der Waals surface area contributed by atoms with Crippen molar-refractivity contribution in [1.82, 2.24) is 10.3 Å². The molecule has 1 aromatic heterocycles. The molecule has 0 spiro atoms. The van der Waals surface area contributed by atoms with Gasteiger partial charge in [0.15, 0.2) is 0 Å². The molecule has 3 aromatic rings. The Hall–Kier alpha value is -3.93. The Morgan fingerprint density at radius 3 is 2.62 bits per heavy atom. The molecule has 2 aromatic carbocycles. The third-order valence-electron chi connectivity index (χ3n) is 4.20. The van der Waals surface area contributed by atoms with E-state index in [-0.39, 0.29) is 18.4 Å². The summed E-state index contributed by atoms with van der Waals surface area (Å²) in [5.41, 5.74) is 2.71. The van der Waals surface area contributed by atoms with Crippen molar-refractivity contribution in [3.8, 4) is 5.75 Å². The van der Waals surface area contributed by atoms with Gasteiger partial charge in [-0.15, -0.1) is 0 Å². The van der Waals surface area contributed by atoms with Crippen LogP contribution in [0.15, 0.2) is 79.1 Å². The van der Waals surface area contributed by atoms with Gasteiger partial charge in [0.25, 0.3) is 5.91 Å². The second-order valence-corrected chi connectivity index (χ2v) is 6.15. The number of anilines is 1. The molecule has 0 radical (unpaired) electrons. The third-order valence-corrected chi connectivity index (χ3v) is 4.20. The maximum Gasteiger partial charge on any atom is 0.257 e. The number of pyridine rings is 1. The first-order valence-electron chi connectivity index (χ1n) is 9.05. The molecule has 0 unspecified atom stereocenters. The van der Waals surface area contributed by atoms with Crippen LogP contribution in [0.3, 0.4) is 0 Å². The molecule has 6 heteroatoms. The van der Waals surface area contributed by atoms with Gasteiger partial charge in [-0.05, 0) is 35.9 Å². The smallest absolute Gasteiger partial charge is 0.257 e. The standard InChI is InChI=1S/C23H21N3O3/c1-29-21-11-5-3-7-17(21)12-13-22(27)25-16-18-8-2-4-10-20(18)26-23(28)19-9-6-14-24-15-19/h2-15H,16H2,1H3,(H,25,27)(H,26,28)/b13-12+. The topological polar surface area (TPSA) is 80.3 Å². The predicted octanol–water partition coefficient (Wildman–Crippen LogP) is 3.67. The van der Waals surface area contributed by atoms with Crippen molar-refractivity contribution in [1.29, 1.82) is 0 Å². The lowest BCUT2D eigenvalue weighted by Crippen LogP contribution is -2.22. The molecule has 0 atom stereocenters. The maximum absolute atomic E-state index is 12.4. The van der Waals surface area contributed by atoms with E-state index in [4.69, 9.17) is 4.74 Å². The Bertz CT molecular complexity index is 1020. The predicted molar refractivity (Wildman–Crippen MR) is 113 cm³/mol. The van der Waals surface area contributed by atoms with Crippen LogP contribution < -0.4 is 15.4 Å². The lowest BCUT2D eigenvalue weighted by Gasteiger charge is -2.11. The first-order valence-corrected chi connectivity index (χ1v) is 9.05. The number of nitrogens with one attached hydrogen (secondary N) is 2. The van der Waals surface area contributed by atoms with Crippen molar-refractivity contribution in [3.63, 3.8) is 0 Å². The Morgan fingerprint density at radius 2 is 1.83 bits per heavy atom. The third kappa shape index (κ3) is 5.52. The number of hydrogen-bond donors (Lipinski definition) is 2. The normalized spacial score (nSPS) is 10.5. The van der Waals surface area contributed by atoms with Gasteiger partial charge in [-0.3, -0.25) is 14.6 Å². The largest absolute Gasteiger partial charge is 0.496 e. The van der Waals surface area contributed by atoms with Gasteiger partial charge in [0.1, 0.15) is 5.75 Å². The highest BCUT2D eigenvalue weighted by atomic mass is 16.5. The summed E-state index contributed by atoms with van der Waals surface area (Å²) in [5.74, 6) is 0.192. The number of nitrogens with zero attached hydrogens (tertiary/aromatic N) is 1. The first kappa shape index (κ1) is 19.8. The number of carbonyl (C=O) groups is 2. The van der Waals surface area contributed by atoms with E-state index in [1.807, 2.05) is 42.5 Å². The van der Waals surface area contributed by atoms with Crippen molar-refractivity contribution in [2.24, 2.45) is 0 Å². The Balaban J connectivity index is 1.63. The van der Waals surface area contributed by atoms with Gasteiger partial charge in [0.2, 0.25) is 5.91 Å². The van der Waals surface area contributed by atoms with Crippen LogP contribution in [0.4, 0.5) is 5.69 Å². The molecule has 0 aliphatic rings. The highest BCUT2D eigenvalue weighted by Crippen LogP contribution is 2.19. The lowest BCUT2D eigenvalue weighted by molar-refractivity contribution is -0.116. The van der Waals surface area contributed by atoms with Crippen LogP contribution in [-0.4, -0.2) is 23.9 Å². The van der Waals surface area contributed by atoms with Crippen molar-refractivity contribution < 1.29 is 14.3 Å². The summed E-state index contributed by atoms with van der Waals surface area (Å²) in [7, 11) is 1.59. The summed E-state index contributed by atoms with van der Waals surface area (Å²) in [6, 6.07) is 18.2. The van der Waals surface area contributed by atoms with Crippen LogP contribution in [-0.2, 0) is 11.3 Å². The molecule has 6 nitrogen and oxygen atoms in total. The van der Waals surface area contributed by atoms with Gasteiger partial charge in [-0.25, -0.2) is 0 Å². The van der Waals surface area contributed by atoms with E-state index in [2.05, 4.69) is 15.6 Å². The van der Waals surface area contributed by atoms with Gasteiger partial charge >= 0.3 is 0 Å². The van der Waals surface area contributed by atoms with E-state index in [1.165, 1.54) is 12.3 Å². The molecule has 0 saturated carbocycles. The SMILES string of the molecule is COc1ccccc1/C=C/C(=O)NCc1ccccc1NC(=O)c1cccnc1. The fraction of sp³-hybridized carbons (Fsp3) is 0.0870. The number of hydrogen-bond acceptors (Lipinski definition) is 4. The van der Waals surface area contributed by atoms with Gasteiger partial charge in [0, 0.05) is 36.3 Å². The molecule has 1 heterocycles. The Morgan fingerprint density at radius 1 is 1.03 bits per heavy atom. The van der Waals surface area contributed by atoms with E-state index < -0.39 is 0 Å². The van der Waals surface area contributed by atoms with Crippen molar-refractivity contribution >= 4 is 23.6 Å². The Labute approximate surface area is 169 Å². The maximum atomic E-state index is 12.4. The van der Waals surface area contributed by atoms with Gasteiger partial charge in [-0.2, -0.15) is 0 Å². The summed E-state index contributed by atoms with van der Waals surface area (Å²) < 4.78 is 5.27. The molecular weight excluding hydrogens is 366 g/mol. The zero-order valence-electron chi connectivity index (χ0n) is 16.0. The zero-order valence-corrected chi connectivity index (χ0v) is 16.0. The number of para-hydroxylation sites is 2. The number of amides is 2. The molecule has 146 valence electrons. The van der Waals surface area contributed by atoms with Crippen LogP contribution in [0.5, 0.6) is 5.75 Å². The van der Waals surface area contributed by atoms with Crippen molar-refractivity contribution in [2.45, 2.75) is 6.54 Å². The monoisotopic (exact) mass is 387 g/mol. The average Bonchev–Trinajstić information content (AvgIpc) is 2.77. The number of methoxy groups -OCH3 is 1. The number of ether oxygens (including phenoxy) is 1. The molecule has 2 N–H and O–H groups in total. The summed E-state index contributed by atoms with van der Waals surface area (Å²) in [6.45, 7) is 0.276. The van der Waals surface area contributed by atoms with E-state index in [1.54, 1.807) is 37.6 Å². The van der Waals surface area contributed by atoms with Gasteiger partial charge in [0.05, 0.1) is 12.7 Å². The van der Waals surface area contributed by atoms with E-state index in [0.717, 1.165) is 11.1 Å². The molecule has 3 rings (SSSR count). The molecule has 0 fully saturated rings. The fourth-order valence-electron chi connectivity index (χ4n) is 2.70. The second-order valence-electron chi connectivity index (χ2n) is 6.15. The minimum Gasteiger partial charge on any atom is -0.496 e. The summed E-state index contributed by atoms with van der Waals surface area (Å²) in [6.07, 6.45) is 6.26. The second kappa shape index (κ2) is 9.85. The van der Waals surface area contributed by atoms with Crippen LogP contribution in [0.1, 0.15) is 21.5 Å². The van der Waals surface area contributed by atoms with Crippen LogP contribution in [0.2, 0.25) is 0 Å². The van der Waals surface area contributed by atoms with Gasteiger partial charge in [-0.1, -0.05) is 36.4 Å². The summed E-state index contributed by atoms with van der Waals surface area (Å²) in [5, 5.41) is 5.69. The van der Waals surface area contributed by atoms with Crippen LogP contribution in [0.25, 0.3) is 6.08 Å². The molecule has 29 heavy (non-hydrogen) atoms. The molecule has 0 bridgehead atoms.